The molecule has 0 aliphatic heterocycles. The molecule has 0 nitrogen and oxygen atoms in total. The minimum Gasteiger partial charge on any atom is -0.126 e. The van der Waals surface area contributed by atoms with Crippen LogP contribution in [0.1, 0.15) is 143 Å². The average molecular weight is 427 g/mol. The van der Waals surface area contributed by atoms with Crippen molar-refractivity contribution in [2.24, 2.45) is 0 Å². The van der Waals surface area contributed by atoms with Crippen LogP contribution in [0.3, 0.4) is 0 Å². The van der Waals surface area contributed by atoms with Crippen LogP contribution in [0.5, 0.6) is 0 Å². The van der Waals surface area contributed by atoms with E-state index in [4.69, 9.17) is 0 Å². The molecule has 178 valence electrons. The molecule has 0 aromatic heterocycles. The third-order valence-corrected chi connectivity index (χ3v) is 5.96. The largest absolute Gasteiger partial charge is 0.126 e. The summed E-state index contributed by atoms with van der Waals surface area (Å²) < 4.78 is 0. The Labute approximate surface area is 196 Å². The van der Waals surface area contributed by atoms with Gasteiger partial charge in [0.05, 0.1) is 0 Å². The molecule has 0 unspecified atom stereocenters. The summed E-state index contributed by atoms with van der Waals surface area (Å²) in [6.45, 7) is 12.6. The van der Waals surface area contributed by atoms with E-state index in [0.29, 0.717) is 0 Å². The molecular formula is C31H54. The monoisotopic (exact) mass is 426 g/mol. The fourth-order valence-electron chi connectivity index (χ4n) is 3.85. The van der Waals surface area contributed by atoms with Crippen LogP contribution < -0.4 is 0 Å². The Morgan fingerprint density at radius 3 is 1.58 bits per heavy atom. The Bertz CT molecular complexity index is 532. The van der Waals surface area contributed by atoms with E-state index in [-0.39, 0.29) is 0 Å². The zero-order valence-electron chi connectivity index (χ0n) is 21.7. The molecule has 0 heteroatoms. The first-order valence-electron chi connectivity index (χ1n) is 13.4. The van der Waals surface area contributed by atoms with Gasteiger partial charge in [-0.15, -0.1) is 12.3 Å². The molecule has 0 saturated carbocycles. The van der Waals surface area contributed by atoms with Crippen LogP contribution in [0, 0.1) is 0 Å². The van der Waals surface area contributed by atoms with E-state index in [0.717, 1.165) is 12.8 Å². The predicted octanol–water partition coefficient (Wildman–Crippen LogP) is 11.2. The minimum absolute atomic E-state index is 1.14. The van der Waals surface area contributed by atoms with Gasteiger partial charge in [-0.3, -0.25) is 0 Å². The zero-order chi connectivity index (χ0) is 23.0. The van der Waals surface area contributed by atoms with Crippen LogP contribution in [0.15, 0.2) is 53.3 Å². The molecule has 0 aromatic rings. The van der Waals surface area contributed by atoms with Gasteiger partial charge in [0.1, 0.15) is 0 Å². The standard InChI is InChI=1S/C31H54/c1-6-7-8-9-10-11-12-13-14-15-16-17-18-19-20-21-25-30(4)27-23-28-31(5)26-22-24-29(2)3/h6,21,24,28H,1,7-20,22-23,26-27H2,2-5H3. The Morgan fingerprint density at radius 1 is 0.581 bits per heavy atom. The summed E-state index contributed by atoms with van der Waals surface area (Å²) in [6.07, 6.45) is 33.0. The molecule has 0 N–H and O–H groups in total. The third-order valence-electron chi connectivity index (χ3n) is 5.96. The van der Waals surface area contributed by atoms with E-state index in [1.54, 1.807) is 0 Å². The Balaban J connectivity index is 3.53. The third kappa shape index (κ3) is 24.9. The van der Waals surface area contributed by atoms with Gasteiger partial charge in [-0.1, -0.05) is 93.6 Å². The zero-order valence-corrected chi connectivity index (χ0v) is 21.7. The Hall–Kier alpha value is -1.26. The highest BCUT2D eigenvalue weighted by Gasteiger charge is 1.94. The van der Waals surface area contributed by atoms with E-state index in [1.165, 1.54) is 119 Å². The van der Waals surface area contributed by atoms with Crippen molar-refractivity contribution in [1.29, 1.82) is 0 Å². The maximum atomic E-state index is 3.79. The lowest BCUT2D eigenvalue weighted by Gasteiger charge is -2.02. The van der Waals surface area contributed by atoms with Gasteiger partial charge in [0.2, 0.25) is 0 Å². The van der Waals surface area contributed by atoms with Crippen LogP contribution in [-0.4, -0.2) is 0 Å². The molecule has 0 aromatic carbocycles. The van der Waals surface area contributed by atoms with Gasteiger partial charge in [0.15, 0.2) is 0 Å². The van der Waals surface area contributed by atoms with Gasteiger partial charge in [-0.05, 0) is 90.7 Å². The first kappa shape index (κ1) is 29.7. The second-order valence-corrected chi connectivity index (χ2v) is 9.65. The first-order chi connectivity index (χ1) is 15.1. The summed E-state index contributed by atoms with van der Waals surface area (Å²) in [5.41, 5.74) is 7.85. The molecule has 0 saturated heterocycles. The molecule has 0 heterocycles. The number of unbranched alkanes of at least 4 members (excludes halogenated alkanes) is 13. The highest BCUT2D eigenvalue weighted by molar-refractivity contribution is 5.05. The van der Waals surface area contributed by atoms with Gasteiger partial charge in [-0.2, -0.15) is 0 Å². The van der Waals surface area contributed by atoms with Crippen molar-refractivity contribution in [2.45, 2.75) is 143 Å². The van der Waals surface area contributed by atoms with E-state index in [1.807, 2.05) is 6.08 Å². The lowest BCUT2D eigenvalue weighted by atomic mass is 10.0. The highest BCUT2D eigenvalue weighted by atomic mass is 14.0. The van der Waals surface area contributed by atoms with Crippen molar-refractivity contribution in [1.82, 2.24) is 0 Å². The molecule has 31 heavy (non-hydrogen) atoms. The van der Waals surface area contributed by atoms with Crippen molar-refractivity contribution in [3.8, 4) is 0 Å². The molecule has 0 aliphatic carbocycles. The fraction of sp³-hybridized carbons (Fsp3) is 0.710. The number of rotatable bonds is 21. The molecule has 0 spiro atoms. The molecule has 0 bridgehead atoms. The number of hydrogen-bond donors (Lipinski definition) is 0. The quantitative estimate of drug-likeness (QED) is 0.0972. The number of allylic oxidation sites excluding steroid dienone is 6. The second-order valence-electron chi connectivity index (χ2n) is 9.65. The van der Waals surface area contributed by atoms with Gasteiger partial charge in [0.25, 0.3) is 0 Å². The fourth-order valence-corrected chi connectivity index (χ4v) is 3.85. The van der Waals surface area contributed by atoms with E-state index < -0.39 is 0 Å². The normalized spacial score (nSPS) is 11.2. The molecule has 0 radical (unpaired) electrons. The summed E-state index contributed by atoms with van der Waals surface area (Å²) in [4.78, 5) is 0. The maximum Gasteiger partial charge on any atom is -0.0212 e. The SMILES string of the molecule is C=CCCCCCCCCCCCCCCC=C=C(C)CCC=C(C)CCC=C(C)C. The van der Waals surface area contributed by atoms with Crippen LogP contribution in [0.4, 0.5) is 0 Å². The van der Waals surface area contributed by atoms with E-state index in [2.05, 4.69) is 58.2 Å². The van der Waals surface area contributed by atoms with Crippen molar-refractivity contribution >= 4 is 0 Å². The van der Waals surface area contributed by atoms with Crippen molar-refractivity contribution in [3.63, 3.8) is 0 Å². The molecular weight excluding hydrogens is 372 g/mol. The van der Waals surface area contributed by atoms with Crippen LogP contribution in [0.2, 0.25) is 0 Å². The average Bonchev–Trinajstić information content (AvgIpc) is 2.73. The smallest absolute Gasteiger partial charge is 0.0212 e. The molecule has 0 amide bonds. The first-order valence-corrected chi connectivity index (χ1v) is 13.4. The number of hydrogen-bond acceptors (Lipinski definition) is 0. The van der Waals surface area contributed by atoms with E-state index >= 15 is 0 Å². The van der Waals surface area contributed by atoms with Gasteiger partial charge in [0, 0.05) is 0 Å². The van der Waals surface area contributed by atoms with Crippen LogP contribution in [0.25, 0.3) is 0 Å². The lowest BCUT2D eigenvalue weighted by Crippen LogP contribution is -1.82. The van der Waals surface area contributed by atoms with Gasteiger partial charge >= 0.3 is 0 Å². The molecule has 0 atom stereocenters. The molecule has 0 aliphatic rings. The van der Waals surface area contributed by atoms with Gasteiger partial charge < -0.3 is 0 Å². The molecule has 0 rings (SSSR count). The Kier molecular flexibility index (Phi) is 22.5. The summed E-state index contributed by atoms with van der Waals surface area (Å²) in [6, 6.07) is 0. The van der Waals surface area contributed by atoms with Crippen LogP contribution in [-0.2, 0) is 0 Å². The Morgan fingerprint density at radius 2 is 1.06 bits per heavy atom. The second kappa shape index (κ2) is 23.4. The topological polar surface area (TPSA) is 0 Å². The lowest BCUT2D eigenvalue weighted by molar-refractivity contribution is 0.542. The summed E-state index contributed by atoms with van der Waals surface area (Å²) in [7, 11) is 0. The van der Waals surface area contributed by atoms with Crippen molar-refractivity contribution in [2.75, 3.05) is 0 Å². The predicted molar refractivity (Wildman–Crippen MR) is 144 cm³/mol. The summed E-state index contributed by atoms with van der Waals surface area (Å²) >= 11 is 0. The van der Waals surface area contributed by atoms with E-state index in [9.17, 15) is 0 Å². The maximum absolute atomic E-state index is 3.79. The highest BCUT2D eigenvalue weighted by Crippen LogP contribution is 2.14. The minimum atomic E-state index is 1.14. The van der Waals surface area contributed by atoms with Crippen LogP contribution >= 0.6 is 0 Å². The summed E-state index contributed by atoms with van der Waals surface area (Å²) in [5, 5.41) is 0. The van der Waals surface area contributed by atoms with Gasteiger partial charge in [-0.25, -0.2) is 0 Å². The van der Waals surface area contributed by atoms with Crippen molar-refractivity contribution < 1.29 is 0 Å². The van der Waals surface area contributed by atoms with Crippen molar-refractivity contribution in [3.05, 3.63) is 53.3 Å². The summed E-state index contributed by atoms with van der Waals surface area (Å²) in [5.74, 6) is 0. The molecule has 0 fully saturated rings.